The van der Waals surface area contributed by atoms with E-state index in [2.05, 4.69) is 31.6 Å². The van der Waals surface area contributed by atoms with Crippen molar-refractivity contribution in [3.8, 4) is 11.3 Å². The van der Waals surface area contributed by atoms with Crippen LogP contribution in [0.25, 0.3) is 0 Å². The van der Waals surface area contributed by atoms with E-state index < -0.39 is 11.6 Å². The highest BCUT2D eigenvalue weighted by Gasteiger charge is 2.46. The normalized spacial score (nSPS) is 18.4. The Hall–Kier alpha value is -2.65. The number of ether oxygens (including phenoxy) is 2. The first-order valence-corrected chi connectivity index (χ1v) is 12.6. The summed E-state index contributed by atoms with van der Waals surface area (Å²) in [5.74, 6) is 0.245. The van der Waals surface area contributed by atoms with Crippen LogP contribution in [0.15, 0.2) is 39.1 Å². The van der Waals surface area contributed by atoms with Gasteiger partial charge in [0, 0.05) is 18.7 Å². The molecule has 2 amide bonds. The van der Waals surface area contributed by atoms with Crippen LogP contribution in [0, 0.1) is 11.5 Å². The molecule has 2 aliphatic rings. The maximum absolute atomic E-state index is 13.1. The molecule has 0 atom stereocenters. The van der Waals surface area contributed by atoms with Gasteiger partial charge in [-0.25, -0.2) is 4.79 Å². The van der Waals surface area contributed by atoms with E-state index in [-0.39, 0.29) is 5.91 Å². The number of carbonyl (C=O) groups excluding carboxylic acids is 2. The highest BCUT2D eigenvalue weighted by Crippen LogP contribution is 2.35. The molecule has 178 valence electrons. The number of hydrogen-bond donors (Lipinski definition) is 2. The summed E-state index contributed by atoms with van der Waals surface area (Å²) in [7, 11) is 0. The van der Waals surface area contributed by atoms with Gasteiger partial charge in [0.15, 0.2) is 5.06 Å². The third kappa shape index (κ3) is 5.52. The van der Waals surface area contributed by atoms with Crippen LogP contribution in [0.4, 0.5) is 16.2 Å². The van der Waals surface area contributed by atoms with Gasteiger partial charge in [-0.05, 0) is 65.5 Å². The second-order valence-electron chi connectivity index (χ2n) is 7.77. The van der Waals surface area contributed by atoms with Crippen LogP contribution in [0.5, 0.6) is 5.06 Å². The van der Waals surface area contributed by atoms with Crippen molar-refractivity contribution in [3.63, 3.8) is 0 Å². The van der Waals surface area contributed by atoms with Crippen molar-refractivity contribution in [1.82, 2.24) is 5.32 Å². The number of anilines is 2. The number of aliphatic imine (C=N–C) groups is 1. The zero-order valence-electron chi connectivity index (χ0n) is 18.0. The summed E-state index contributed by atoms with van der Waals surface area (Å²) >= 11 is 11.1. The lowest BCUT2D eigenvalue weighted by atomic mass is 9.76. The Balaban J connectivity index is 1.45. The molecule has 34 heavy (non-hydrogen) atoms. The van der Waals surface area contributed by atoms with E-state index >= 15 is 0 Å². The number of amidine groups is 1. The van der Waals surface area contributed by atoms with Gasteiger partial charge in [-0.3, -0.25) is 4.79 Å². The zero-order valence-corrected chi connectivity index (χ0v) is 21.1. The van der Waals surface area contributed by atoms with Gasteiger partial charge in [-0.2, -0.15) is 10.3 Å². The summed E-state index contributed by atoms with van der Waals surface area (Å²) in [6.45, 7) is 1.46. The minimum absolute atomic E-state index is 0.332. The van der Waals surface area contributed by atoms with Crippen molar-refractivity contribution in [2.75, 3.05) is 30.0 Å². The van der Waals surface area contributed by atoms with Crippen molar-refractivity contribution in [2.24, 2.45) is 4.99 Å². The van der Waals surface area contributed by atoms with Crippen LogP contribution in [0.1, 0.15) is 25.7 Å². The van der Waals surface area contributed by atoms with E-state index in [0.717, 1.165) is 10.2 Å². The molecular formula is C22H21BrClN5O4S. The van der Waals surface area contributed by atoms with Crippen LogP contribution in [0.2, 0.25) is 5.02 Å². The number of hydrogen-bond acceptors (Lipinski definition) is 7. The summed E-state index contributed by atoms with van der Waals surface area (Å²) in [5, 5.41) is 15.4. The first kappa shape index (κ1) is 24.5. The average Bonchev–Trinajstić information content (AvgIpc) is 3.03. The van der Waals surface area contributed by atoms with E-state index in [1.165, 1.54) is 11.3 Å². The van der Waals surface area contributed by atoms with E-state index in [1.807, 2.05) is 11.1 Å². The number of nitrogens with zero attached hydrogens (tertiary/aromatic N) is 3. The molecular weight excluding hydrogens is 546 g/mol. The molecule has 9 nitrogen and oxygen atoms in total. The molecule has 0 spiro atoms. The van der Waals surface area contributed by atoms with Gasteiger partial charge in [0.05, 0.1) is 27.7 Å². The first-order chi connectivity index (χ1) is 16.4. The van der Waals surface area contributed by atoms with Gasteiger partial charge in [-0.1, -0.05) is 22.9 Å². The fourth-order valence-corrected chi connectivity index (χ4v) is 5.25. The standard InChI is InChI=1S/C22H21BrClN5O4S/c23-17-4-5-19(34-17)33-21(31)28-22(7-1-8-22)20(30)27-14-2-3-16(15(24)12-14)29-9-11-32-10-6-18(29)26-13-25/h2-5,12H,1,6-11H2,(H,27,30)(H,28,31). The van der Waals surface area contributed by atoms with Gasteiger partial charge in [0.25, 0.3) is 0 Å². The van der Waals surface area contributed by atoms with Crippen LogP contribution >= 0.6 is 38.9 Å². The van der Waals surface area contributed by atoms with Crippen molar-refractivity contribution in [3.05, 3.63) is 39.1 Å². The predicted molar refractivity (Wildman–Crippen MR) is 134 cm³/mol. The summed E-state index contributed by atoms with van der Waals surface area (Å²) in [4.78, 5) is 31.2. The largest absolute Gasteiger partial charge is 0.414 e. The third-order valence-electron chi connectivity index (χ3n) is 5.64. The van der Waals surface area contributed by atoms with Crippen LogP contribution in [-0.2, 0) is 9.53 Å². The molecule has 12 heteroatoms. The summed E-state index contributed by atoms with van der Waals surface area (Å²) < 4.78 is 11.6. The molecule has 4 rings (SSSR count). The topological polar surface area (TPSA) is 116 Å². The van der Waals surface area contributed by atoms with Gasteiger partial charge in [-0.15, -0.1) is 0 Å². The minimum Gasteiger partial charge on any atom is -0.399 e. The Labute approximate surface area is 213 Å². The molecule has 1 aromatic heterocycles. The molecule has 1 aliphatic carbocycles. The van der Waals surface area contributed by atoms with E-state index in [4.69, 9.17) is 26.3 Å². The van der Waals surface area contributed by atoms with Crippen molar-refractivity contribution in [1.29, 1.82) is 5.26 Å². The lowest BCUT2D eigenvalue weighted by Gasteiger charge is -2.40. The summed E-state index contributed by atoms with van der Waals surface area (Å²) in [5.41, 5.74) is 0.124. The number of thiophene rings is 1. The fraction of sp³-hybridized carbons (Fsp3) is 0.364. The van der Waals surface area contributed by atoms with E-state index in [0.29, 0.717) is 66.3 Å². The molecule has 2 N–H and O–H groups in total. The van der Waals surface area contributed by atoms with Gasteiger partial charge >= 0.3 is 6.09 Å². The molecule has 1 aromatic carbocycles. The Kier molecular flexibility index (Phi) is 7.73. The summed E-state index contributed by atoms with van der Waals surface area (Å²) in [6.07, 6.45) is 3.48. The number of nitrogens with one attached hydrogen (secondary N) is 2. The molecule has 0 bridgehead atoms. The smallest absolute Gasteiger partial charge is 0.399 e. The lowest BCUT2D eigenvalue weighted by Crippen LogP contribution is -2.61. The van der Waals surface area contributed by atoms with Crippen LogP contribution in [0.3, 0.4) is 0 Å². The average molecular weight is 567 g/mol. The number of carbonyl (C=O) groups is 2. The Bertz CT molecular complexity index is 1160. The molecule has 1 saturated carbocycles. The molecule has 2 aromatic rings. The monoisotopic (exact) mass is 565 g/mol. The number of amides is 2. The highest BCUT2D eigenvalue weighted by molar-refractivity contribution is 9.11. The molecule has 2 heterocycles. The molecule has 2 fully saturated rings. The van der Waals surface area contributed by atoms with Crippen molar-refractivity contribution >= 4 is 68.1 Å². The van der Waals surface area contributed by atoms with Crippen molar-refractivity contribution in [2.45, 2.75) is 31.2 Å². The molecule has 1 aliphatic heterocycles. The molecule has 1 saturated heterocycles. The quantitative estimate of drug-likeness (QED) is 0.496. The van der Waals surface area contributed by atoms with Crippen LogP contribution < -0.4 is 20.3 Å². The first-order valence-electron chi connectivity index (χ1n) is 10.6. The SMILES string of the molecule is N#CN=C1CCOCCN1c1ccc(NC(=O)C2(NC(=O)Oc3ccc(Br)s3)CCC2)cc1Cl. The number of rotatable bonds is 5. The van der Waals surface area contributed by atoms with E-state index in [1.54, 1.807) is 30.3 Å². The maximum Gasteiger partial charge on any atom is 0.414 e. The lowest BCUT2D eigenvalue weighted by molar-refractivity contribution is -0.125. The number of benzene rings is 1. The van der Waals surface area contributed by atoms with Gasteiger partial charge < -0.3 is 25.0 Å². The Morgan fingerprint density at radius 1 is 1.29 bits per heavy atom. The highest BCUT2D eigenvalue weighted by atomic mass is 79.9. The third-order valence-corrected chi connectivity index (χ3v) is 7.45. The Morgan fingerprint density at radius 2 is 2.12 bits per heavy atom. The molecule has 0 radical (unpaired) electrons. The minimum atomic E-state index is -1.04. The second kappa shape index (κ2) is 10.7. The maximum atomic E-state index is 13.1. The predicted octanol–water partition coefficient (Wildman–Crippen LogP) is 4.92. The van der Waals surface area contributed by atoms with Crippen molar-refractivity contribution < 1.29 is 19.1 Å². The Morgan fingerprint density at radius 3 is 2.76 bits per heavy atom. The number of halogens is 2. The second-order valence-corrected chi connectivity index (χ2v) is 10.6. The van der Waals surface area contributed by atoms with Gasteiger partial charge in [0.2, 0.25) is 12.1 Å². The van der Waals surface area contributed by atoms with Gasteiger partial charge in [0.1, 0.15) is 11.4 Å². The van der Waals surface area contributed by atoms with E-state index in [9.17, 15) is 9.59 Å². The van der Waals surface area contributed by atoms with Crippen LogP contribution in [-0.4, -0.2) is 43.1 Å². The zero-order chi connectivity index (χ0) is 24.1. The summed E-state index contributed by atoms with van der Waals surface area (Å²) in [6, 6.07) is 8.58. The fourth-order valence-electron chi connectivity index (χ4n) is 3.78. The number of nitriles is 1. The molecule has 0 unspecified atom stereocenters.